The Bertz CT molecular complexity index is 1180. The standard InChI is InChI=1S/C27H28Br2O5/c1-15-8-16(2)10-18(9-15)26(32)27(3,4)20-14-19(33-5)6-7-23(20)34-25-21(28)11-17(12-22(25)29)13-24(30)31/h6-12,14,26,32H,13H2,1-5H3,(H,30,31). The van der Waals surface area contributed by atoms with Gasteiger partial charge in [0.05, 0.1) is 28.6 Å². The van der Waals surface area contributed by atoms with Crippen LogP contribution in [0.15, 0.2) is 57.5 Å². The molecule has 0 aliphatic rings. The second-order valence-corrected chi connectivity index (χ2v) is 10.7. The first-order valence-corrected chi connectivity index (χ1v) is 12.3. The maximum atomic E-state index is 11.5. The number of carboxylic acid groups (broad SMARTS) is 1. The highest BCUT2D eigenvalue weighted by Gasteiger charge is 2.35. The van der Waals surface area contributed by atoms with Gasteiger partial charge in [0.25, 0.3) is 0 Å². The highest BCUT2D eigenvalue weighted by atomic mass is 79.9. The normalized spacial score (nSPS) is 12.4. The number of carbonyl (C=O) groups is 1. The van der Waals surface area contributed by atoms with E-state index in [1.165, 1.54) is 0 Å². The van der Waals surface area contributed by atoms with E-state index < -0.39 is 17.5 Å². The third-order valence-corrected chi connectivity index (χ3v) is 6.93. The zero-order chi connectivity index (χ0) is 25.2. The summed E-state index contributed by atoms with van der Waals surface area (Å²) >= 11 is 7.02. The fraction of sp³-hybridized carbons (Fsp3) is 0.296. The van der Waals surface area contributed by atoms with Crippen molar-refractivity contribution in [1.29, 1.82) is 0 Å². The Kier molecular flexibility index (Phi) is 8.11. The minimum absolute atomic E-state index is 0.0968. The molecule has 180 valence electrons. The van der Waals surface area contributed by atoms with Crippen LogP contribution in [0.5, 0.6) is 17.2 Å². The highest BCUT2D eigenvalue weighted by molar-refractivity contribution is 9.11. The largest absolute Gasteiger partial charge is 0.497 e. The van der Waals surface area contributed by atoms with Crippen LogP contribution in [-0.4, -0.2) is 23.3 Å². The zero-order valence-electron chi connectivity index (χ0n) is 19.8. The molecule has 34 heavy (non-hydrogen) atoms. The van der Waals surface area contributed by atoms with Gasteiger partial charge in [0.1, 0.15) is 11.5 Å². The van der Waals surface area contributed by atoms with E-state index in [2.05, 4.69) is 37.9 Å². The molecular formula is C27H28Br2O5. The van der Waals surface area contributed by atoms with Gasteiger partial charge in [-0.05, 0) is 87.2 Å². The third kappa shape index (κ3) is 5.82. The molecule has 0 aliphatic heterocycles. The zero-order valence-corrected chi connectivity index (χ0v) is 23.0. The Morgan fingerprint density at radius 3 is 2.12 bits per heavy atom. The summed E-state index contributed by atoms with van der Waals surface area (Å²) in [4.78, 5) is 11.1. The van der Waals surface area contributed by atoms with Crippen molar-refractivity contribution in [3.8, 4) is 17.2 Å². The molecule has 0 heterocycles. The fourth-order valence-corrected chi connectivity index (χ4v) is 5.50. The fourth-order valence-electron chi connectivity index (χ4n) is 4.06. The van der Waals surface area contributed by atoms with E-state index in [0.717, 1.165) is 22.3 Å². The molecule has 3 aromatic carbocycles. The summed E-state index contributed by atoms with van der Waals surface area (Å²) in [6.07, 6.45) is -0.897. The number of methoxy groups -OCH3 is 1. The van der Waals surface area contributed by atoms with Crippen molar-refractivity contribution in [2.45, 2.75) is 45.6 Å². The van der Waals surface area contributed by atoms with Crippen molar-refractivity contribution in [2.75, 3.05) is 7.11 Å². The second kappa shape index (κ2) is 10.5. The van der Waals surface area contributed by atoms with Gasteiger partial charge in [-0.3, -0.25) is 4.79 Å². The predicted molar refractivity (Wildman–Crippen MR) is 140 cm³/mol. The predicted octanol–water partition coefficient (Wildman–Crippen LogP) is 7.27. The first-order chi connectivity index (χ1) is 15.9. The van der Waals surface area contributed by atoms with E-state index in [1.807, 2.05) is 52.0 Å². The Labute approximate surface area is 217 Å². The molecule has 1 atom stereocenters. The number of aliphatic hydroxyl groups is 1. The van der Waals surface area contributed by atoms with Crippen molar-refractivity contribution in [3.63, 3.8) is 0 Å². The summed E-state index contributed by atoms with van der Waals surface area (Å²) in [5.74, 6) is 0.809. The van der Waals surface area contributed by atoms with Crippen molar-refractivity contribution >= 4 is 37.8 Å². The first kappa shape index (κ1) is 26.3. The number of halogens is 2. The lowest BCUT2D eigenvalue weighted by Crippen LogP contribution is -2.27. The van der Waals surface area contributed by atoms with Crippen LogP contribution in [0.3, 0.4) is 0 Å². The molecular weight excluding hydrogens is 564 g/mol. The summed E-state index contributed by atoms with van der Waals surface area (Å²) in [5.41, 5.74) is 3.68. The summed E-state index contributed by atoms with van der Waals surface area (Å²) in [6.45, 7) is 7.97. The quantitative estimate of drug-likeness (QED) is 0.288. The maximum Gasteiger partial charge on any atom is 0.307 e. The molecule has 0 saturated heterocycles. The van der Waals surface area contributed by atoms with E-state index in [9.17, 15) is 9.90 Å². The van der Waals surface area contributed by atoms with Gasteiger partial charge < -0.3 is 19.7 Å². The number of aryl methyl sites for hydroxylation is 2. The van der Waals surface area contributed by atoms with Crippen LogP contribution < -0.4 is 9.47 Å². The highest BCUT2D eigenvalue weighted by Crippen LogP contribution is 2.46. The van der Waals surface area contributed by atoms with Crippen LogP contribution in [0.2, 0.25) is 0 Å². The van der Waals surface area contributed by atoms with Gasteiger partial charge in [0, 0.05) is 11.0 Å². The Balaban J connectivity index is 2.07. The van der Waals surface area contributed by atoms with E-state index in [0.29, 0.717) is 31.8 Å². The number of benzene rings is 3. The van der Waals surface area contributed by atoms with Crippen LogP contribution in [0.1, 0.15) is 47.8 Å². The van der Waals surface area contributed by atoms with E-state index in [-0.39, 0.29) is 6.42 Å². The topological polar surface area (TPSA) is 76.0 Å². The van der Waals surface area contributed by atoms with Gasteiger partial charge in [0.2, 0.25) is 0 Å². The monoisotopic (exact) mass is 590 g/mol. The first-order valence-electron chi connectivity index (χ1n) is 10.7. The van der Waals surface area contributed by atoms with Gasteiger partial charge in [-0.2, -0.15) is 0 Å². The molecule has 3 aromatic rings. The smallest absolute Gasteiger partial charge is 0.307 e. The molecule has 0 spiro atoms. The number of rotatable bonds is 8. The molecule has 1 unspecified atom stereocenters. The summed E-state index contributed by atoms with van der Waals surface area (Å²) < 4.78 is 13.0. The Morgan fingerprint density at radius 2 is 1.59 bits per heavy atom. The minimum Gasteiger partial charge on any atom is -0.497 e. The van der Waals surface area contributed by atoms with Crippen molar-refractivity contribution in [2.24, 2.45) is 0 Å². The number of hydrogen-bond acceptors (Lipinski definition) is 4. The van der Waals surface area contributed by atoms with Crippen molar-refractivity contribution < 1.29 is 24.5 Å². The van der Waals surface area contributed by atoms with Gasteiger partial charge in [-0.25, -0.2) is 0 Å². The SMILES string of the molecule is COc1ccc(Oc2c(Br)cc(CC(=O)O)cc2Br)c(C(C)(C)C(O)c2cc(C)cc(C)c2)c1. The third-order valence-electron chi connectivity index (χ3n) is 5.75. The molecule has 0 radical (unpaired) electrons. The molecule has 7 heteroatoms. The lowest BCUT2D eigenvalue weighted by atomic mass is 9.75. The number of ether oxygens (including phenoxy) is 2. The summed E-state index contributed by atoms with van der Waals surface area (Å²) in [5, 5.41) is 20.6. The van der Waals surface area contributed by atoms with Crippen LogP contribution >= 0.6 is 31.9 Å². The minimum atomic E-state index is -0.910. The molecule has 0 bridgehead atoms. The van der Waals surface area contributed by atoms with Crippen LogP contribution in [0.25, 0.3) is 0 Å². The van der Waals surface area contributed by atoms with E-state index in [4.69, 9.17) is 14.6 Å². The number of aliphatic carboxylic acids is 1. The van der Waals surface area contributed by atoms with Gasteiger partial charge in [0.15, 0.2) is 5.75 Å². The molecule has 0 aromatic heterocycles. The van der Waals surface area contributed by atoms with Gasteiger partial charge >= 0.3 is 5.97 Å². The second-order valence-electron chi connectivity index (χ2n) is 8.97. The Morgan fingerprint density at radius 1 is 1.00 bits per heavy atom. The average Bonchev–Trinajstić information content (AvgIpc) is 2.74. The van der Waals surface area contributed by atoms with E-state index in [1.54, 1.807) is 25.3 Å². The van der Waals surface area contributed by atoms with Crippen LogP contribution in [0, 0.1) is 13.8 Å². The number of hydrogen-bond donors (Lipinski definition) is 2. The molecule has 0 amide bonds. The Hall–Kier alpha value is -2.35. The molecule has 0 aliphatic carbocycles. The average molecular weight is 592 g/mol. The summed E-state index contributed by atoms with van der Waals surface area (Å²) in [7, 11) is 1.60. The maximum absolute atomic E-state index is 11.5. The number of carboxylic acids is 1. The van der Waals surface area contributed by atoms with E-state index >= 15 is 0 Å². The number of aliphatic hydroxyl groups excluding tert-OH is 1. The van der Waals surface area contributed by atoms with Crippen LogP contribution in [-0.2, 0) is 16.6 Å². The lowest BCUT2D eigenvalue weighted by molar-refractivity contribution is -0.136. The summed E-state index contributed by atoms with van der Waals surface area (Å²) in [6, 6.07) is 15.0. The van der Waals surface area contributed by atoms with Crippen molar-refractivity contribution in [1.82, 2.24) is 0 Å². The van der Waals surface area contributed by atoms with Gasteiger partial charge in [-0.15, -0.1) is 0 Å². The molecule has 5 nitrogen and oxygen atoms in total. The molecule has 0 saturated carbocycles. The molecule has 2 N–H and O–H groups in total. The van der Waals surface area contributed by atoms with Crippen molar-refractivity contribution in [3.05, 3.63) is 85.3 Å². The van der Waals surface area contributed by atoms with Gasteiger partial charge in [-0.1, -0.05) is 43.2 Å². The molecule has 3 rings (SSSR count). The molecule has 0 fully saturated rings. The lowest BCUT2D eigenvalue weighted by Gasteiger charge is -2.33. The van der Waals surface area contributed by atoms with Crippen LogP contribution in [0.4, 0.5) is 0 Å².